The van der Waals surface area contributed by atoms with Gasteiger partial charge in [-0.15, -0.1) is 0 Å². The van der Waals surface area contributed by atoms with Crippen molar-refractivity contribution in [3.8, 4) is 11.1 Å². The number of benzene rings is 3. The lowest BCUT2D eigenvalue weighted by atomic mass is 9.96. The third-order valence-electron chi connectivity index (χ3n) is 8.01. The van der Waals surface area contributed by atoms with Crippen molar-refractivity contribution < 1.29 is 4.84 Å². The van der Waals surface area contributed by atoms with Crippen LogP contribution in [0.15, 0.2) is 65.7 Å². The zero-order valence-electron chi connectivity index (χ0n) is 23.1. The van der Waals surface area contributed by atoms with Crippen LogP contribution in [0.2, 0.25) is 0 Å². The molecule has 2 aliphatic rings. The predicted molar refractivity (Wildman–Crippen MR) is 160 cm³/mol. The van der Waals surface area contributed by atoms with E-state index >= 15 is 0 Å². The van der Waals surface area contributed by atoms with Gasteiger partial charge in [-0.2, -0.15) is 0 Å². The van der Waals surface area contributed by atoms with Crippen LogP contribution >= 0.6 is 0 Å². The number of anilines is 1. The summed E-state index contributed by atoms with van der Waals surface area (Å²) in [5.74, 6) is 0.808. The second-order valence-electron chi connectivity index (χ2n) is 10.8. The molecule has 2 N–H and O–H groups in total. The zero-order chi connectivity index (χ0) is 26.2. The van der Waals surface area contributed by atoms with Gasteiger partial charge < -0.3 is 15.1 Å². The van der Waals surface area contributed by atoms with Gasteiger partial charge >= 0.3 is 0 Å². The number of nitrogens with one attached hydrogen (secondary N) is 2. The molecule has 2 saturated heterocycles. The monoisotopic (exact) mass is 513 g/mol. The molecule has 3 aromatic carbocycles. The maximum absolute atomic E-state index is 5.28. The summed E-state index contributed by atoms with van der Waals surface area (Å²) in [6.45, 7) is 6.90. The fourth-order valence-electron chi connectivity index (χ4n) is 5.78. The molecule has 0 aliphatic carbocycles. The number of nitrogens with zero attached hydrogens (tertiary/aromatic N) is 3. The van der Waals surface area contributed by atoms with Gasteiger partial charge in [0.25, 0.3) is 0 Å². The third-order valence-corrected chi connectivity index (χ3v) is 8.01. The van der Waals surface area contributed by atoms with Crippen molar-refractivity contribution in [2.45, 2.75) is 44.6 Å². The summed E-state index contributed by atoms with van der Waals surface area (Å²) in [6, 6.07) is 22.3. The summed E-state index contributed by atoms with van der Waals surface area (Å²) in [7, 11) is 3.82. The molecule has 2 aliphatic heterocycles. The maximum Gasteiger partial charge on any atom is 0.152 e. The zero-order valence-corrected chi connectivity index (χ0v) is 23.1. The number of hydroxylamine groups is 1. The molecule has 0 spiro atoms. The molecule has 0 aromatic heterocycles. The molecule has 2 heterocycles. The van der Waals surface area contributed by atoms with E-state index < -0.39 is 0 Å². The molecule has 0 atom stereocenters. The minimum Gasteiger partial charge on any atom is -0.384 e. The van der Waals surface area contributed by atoms with Gasteiger partial charge in [0.1, 0.15) is 0 Å². The Bertz CT molecular complexity index is 1190. The number of rotatable bonds is 9. The normalized spacial score (nSPS) is 18.1. The van der Waals surface area contributed by atoms with E-state index in [1.54, 1.807) is 7.11 Å². The molecule has 0 amide bonds. The van der Waals surface area contributed by atoms with Crippen molar-refractivity contribution in [2.24, 2.45) is 4.99 Å². The standard InChI is InChI=1S/C32H43N5O/c1-36-23-17-27(18-24-36)34-32(35-38-2)26-13-11-25(12-14-26)28-15-16-31(30-10-5-4-9-29(28)30)33-19-8-22-37-20-6-3-7-21-37/h4-5,9-16,27,33H,3,6-8,17-24H2,1-2H3,(H,34,35). The van der Waals surface area contributed by atoms with Gasteiger partial charge in [0.05, 0.1) is 13.2 Å². The van der Waals surface area contributed by atoms with E-state index in [9.17, 15) is 0 Å². The number of likely N-dealkylation sites (tertiary alicyclic amines) is 2. The van der Waals surface area contributed by atoms with Crippen LogP contribution < -0.4 is 10.8 Å². The van der Waals surface area contributed by atoms with Crippen LogP contribution in [0.4, 0.5) is 5.69 Å². The number of hydrogen-bond donors (Lipinski definition) is 2. The SMILES string of the molecule is CONC(=NC1CCN(C)CC1)c1ccc(-c2ccc(NCCCN3CCCCC3)c3ccccc23)cc1. The lowest BCUT2D eigenvalue weighted by Crippen LogP contribution is -2.34. The lowest BCUT2D eigenvalue weighted by Gasteiger charge is -2.27. The average molecular weight is 514 g/mol. The van der Waals surface area contributed by atoms with Crippen LogP contribution in [0.3, 0.4) is 0 Å². The van der Waals surface area contributed by atoms with Gasteiger partial charge in [-0.25, -0.2) is 5.48 Å². The highest BCUT2D eigenvalue weighted by atomic mass is 16.6. The summed E-state index contributed by atoms with van der Waals surface area (Å²) in [4.78, 5) is 15.3. The second-order valence-corrected chi connectivity index (χ2v) is 10.8. The first-order chi connectivity index (χ1) is 18.7. The number of piperidine rings is 2. The van der Waals surface area contributed by atoms with Crippen LogP contribution in [0.5, 0.6) is 0 Å². The summed E-state index contributed by atoms with van der Waals surface area (Å²) < 4.78 is 0. The Hall–Kier alpha value is -2.93. The molecule has 0 radical (unpaired) electrons. The highest BCUT2D eigenvalue weighted by Crippen LogP contribution is 2.33. The Labute approximate surface area is 228 Å². The van der Waals surface area contributed by atoms with Gasteiger partial charge in [-0.05, 0) is 94.5 Å². The fraction of sp³-hybridized carbons (Fsp3) is 0.469. The lowest BCUT2D eigenvalue weighted by molar-refractivity contribution is 0.144. The highest BCUT2D eigenvalue weighted by Gasteiger charge is 2.17. The first-order valence-electron chi connectivity index (χ1n) is 14.4. The number of aliphatic imine (C=N–C) groups is 1. The first kappa shape index (κ1) is 26.7. The molecule has 202 valence electrons. The van der Waals surface area contributed by atoms with Crippen LogP contribution in [0.1, 0.15) is 44.1 Å². The molecule has 0 bridgehead atoms. The average Bonchev–Trinajstić information content (AvgIpc) is 2.97. The Morgan fingerprint density at radius 1 is 0.895 bits per heavy atom. The van der Waals surface area contributed by atoms with Crippen molar-refractivity contribution in [1.82, 2.24) is 15.3 Å². The van der Waals surface area contributed by atoms with Gasteiger partial charge in [0.2, 0.25) is 0 Å². The molecular weight excluding hydrogens is 470 g/mol. The van der Waals surface area contributed by atoms with Crippen LogP contribution in [-0.2, 0) is 4.84 Å². The number of hydrogen-bond acceptors (Lipinski definition) is 5. The number of amidine groups is 1. The Balaban J connectivity index is 1.30. The number of fused-ring (bicyclic) bond motifs is 1. The molecule has 2 fully saturated rings. The molecular formula is C32H43N5O. The molecule has 5 rings (SSSR count). The van der Waals surface area contributed by atoms with E-state index in [4.69, 9.17) is 9.83 Å². The van der Waals surface area contributed by atoms with Crippen molar-refractivity contribution in [3.05, 3.63) is 66.2 Å². The quantitative estimate of drug-likeness (QED) is 0.164. The first-order valence-corrected chi connectivity index (χ1v) is 14.4. The molecule has 3 aromatic rings. The topological polar surface area (TPSA) is 52.1 Å². The van der Waals surface area contributed by atoms with E-state index in [1.807, 2.05) is 0 Å². The summed E-state index contributed by atoms with van der Waals surface area (Å²) >= 11 is 0. The molecule has 6 nitrogen and oxygen atoms in total. The van der Waals surface area contributed by atoms with Crippen LogP contribution in [-0.4, -0.2) is 75.1 Å². The van der Waals surface area contributed by atoms with Crippen LogP contribution in [0.25, 0.3) is 21.9 Å². The maximum atomic E-state index is 5.28. The van der Waals surface area contributed by atoms with Gasteiger partial charge in [-0.3, -0.25) is 9.83 Å². The van der Waals surface area contributed by atoms with Crippen molar-refractivity contribution in [3.63, 3.8) is 0 Å². The van der Waals surface area contributed by atoms with E-state index in [0.717, 1.165) is 43.9 Å². The van der Waals surface area contributed by atoms with E-state index in [2.05, 4.69) is 88.3 Å². The Kier molecular flexibility index (Phi) is 9.28. The van der Waals surface area contributed by atoms with Gasteiger partial charge in [0, 0.05) is 23.2 Å². The molecule has 38 heavy (non-hydrogen) atoms. The fourth-order valence-corrected chi connectivity index (χ4v) is 5.78. The van der Waals surface area contributed by atoms with E-state index in [1.165, 1.54) is 72.9 Å². The smallest absolute Gasteiger partial charge is 0.152 e. The molecule has 6 heteroatoms. The highest BCUT2D eigenvalue weighted by molar-refractivity contribution is 6.04. The summed E-state index contributed by atoms with van der Waals surface area (Å²) in [6.07, 6.45) is 7.44. The largest absolute Gasteiger partial charge is 0.384 e. The Morgan fingerprint density at radius 2 is 1.63 bits per heavy atom. The molecule has 0 saturated carbocycles. The van der Waals surface area contributed by atoms with Crippen molar-refractivity contribution in [2.75, 3.05) is 58.7 Å². The van der Waals surface area contributed by atoms with E-state index in [-0.39, 0.29) is 0 Å². The molecule has 0 unspecified atom stereocenters. The summed E-state index contributed by atoms with van der Waals surface area (Å²) in [5.41, 5.74) is 7.75. The van der Waals surface area contributed by atoms with Crippen molar-refractivity contribution >= 4 is 22.3 Å². The minimum absolute atomic E-state index is 0.326. The van der Waals surface area contributed by atoms with Gasteiger partial charge in [-0.1, -0.05) is 61.0 Å². The predicted octanol–water partition coefficient (Wildman–Crippen LogP) is 5.79. The third kappa shape index (κ3) is 6.73. The van der Waals surface area contributed by atoms with Gasteiger partial charge in [0.15, 0.2) is 5.84 Å². The second kappa shape index (κ2) is 13.2. The van der Waals surface area contributed by atoms with Crippen LogP contribution in [0, 0.1) is 0 Å². The Morgan fingerprint density at radius 3 is 2.37 bits per heavy atom. The van der Waals surface area contributed by atoms with E-state index in [0.29, 0.717) is 6.04 Å². The van der Waals surface area contributed by atoms with Crippen molar-refractivity contribution in [1.29, 1.82) is 0 Å². The minimum atomic E-state index is 0.326. The summed E-state index contributed by atoms with van der Waals surface area (Å²) in [5, 5.41) is 6.27.